The smallest absolute Gasteiger partial charge is 0.255 e. The molecule has 1 saturated heterocycles. The molecule has 1 fully saturated rings. The number of halogens is 2. The Kier molecular flexibility index (Phi) is 6.11. The minimum absolute atomic E-state index is 0.0893. The van der Waals surface area contributed by atoms with Crippen molar-refractivity contribution in [1.29, 1.82) is 0 Å². The summed E-state index contributed by atoms with van der Waals surface area (Å²) in [6.07, 6.45) is 0. The van der Waals surface area contributed by atoms with Crippen molar-refractivity contribution in [2.75, 3.05) is 26.2 Å². The standard InChI is InChI=1S/C21H19BrClN3OS/c22-18-4-2-1-3-17(18)21(27)26-11-9-25(10-12-26)13-20-24-19(14-28-20)15-5-7-16(23)8-6-15/h1-8,14H,9-13H2. The number of aromatic nitrogens is 1. The van der Waals surface area contributed by atoms with E-state index in [1.54, 1.807) is 11.3 Å². The lowest BCUT2D eigenvalue weighted by molar-refractivity contribution is 0.0627. The van der Waals surface area contributed by atoms with E-state index in [0.717, 1.165) is 64.0 Å². The molecule has 2 heterocycles. The molecule has 7 heteroatoms. The van der Waals surface area contributed by atoms with Gasteiger partial charge in [0.1, 0.15) is 5.01 Å². The van der Waals surface area contributed by atoms with Crippen molar-refractivity contribution >= 4 is 44.8 Å². The van der Waals surface area contributed by atoms with Gasteiger partial charge in [0.25, 0.3) is 5.91 Å². The number of carbonyl (C=O) groups is 1. The van der Waals surface area contributed by atoms with Crippen molar-refractivity contribution in [3.05, 3.63) is 74.0 Å². The zero-order valence-corrected chi connectivity index (χ0v) is 18.3. The van der Waals surface area contributed by atoms with Crippen molar-refractivity contribution < 1.29 is 4.79 Å². The van der Waals surface area contributed by atoms with E-state index in [-0.39, 0.29) is 5.91 Å². The Morgan fingerprint density at radius 1 is 1.07 bits per heavy atom. The predicted octanol–water partition coefficient (Wildman–Crippen LogP) is 5.18. The lowest BCUT2D eigenvalue weighted by atomic mass is 10.2. The summed E-state index contributed by atoms with van der Waals surface area (Å²) >= 11 is 11.1. The number of hydrogen-bond acceptors (Lipinski definition) is 4. The highest BCUT2D eigenvalue weighted by molar-refractivity contribution is 9.10. The highest BCUT2D eigenvalue weighted by Crippen LogP contribution is 2.25. The number of thiazole rings is 1. The maximum absolute atomic E-state index is 12.7. The van der Waals surface area contributed by atoms with Crippen LogP contribution in [0.5, 0.6) is 0 Å². The summed E-state index contributed by atoms with van der Waals surface area (Å²) in [6.45, 7) is 3.98. The van der Waals surface area contributed by atoms with Gasteiger partial charge in [-0.3, -0.25) is 9.69 Å². The highest BCUT2D eigenvalue weighted by atomic mass is 79.9. The van der Waals surface area contributed by atoms with E-state index in [1.807, 2.05) is 53.4 Å². The van der Waals surface area contributed by atoms with Crippen molar-refractivity contribution in [1.82, 2.24) is 14.8 Å². The molecule has 2 aromatic carbocycles. The first-order valence-electron chi connectivity index (χ1n) is 9.06. The normalized spacial score (nSPS) is 15.0. The van der Waals surface area contributed by atoms with Gasteiger partial charge in [-0.25, -0.2) is 4.98 Å². The SMILES string of the molecule is O=C(c1ccccc1Br)N1CCN(Cc2nc(-c3ccc(Cl)cc3)cs2)CC1. The molecular weight excluding hydrogens is 458 g/mol. The van der Waals surface area contributed by atoms with Crippen molar-refractivity contribution in [2.24, 2.45) is 0 Å². The summed E-state index contributed by atoms with van der Waals surface area (Å²) in [5, 5.41) is 3.91. The minimum Gasteiger partial charge on any atom is -0.336 e. The molecule has 1 aliphatic heterocycles. The Balaban J connectivity index is 1.34. The molecule has 4 nitrogen and oxygen atoms in total. The predicted molar refractivity (Wildman–Crippen MR) is 118 cm³/mol. The van der Waals surface area contributed by atoms with Crippen LogP contribution in [0.15, 0.2) is 58.4 Å². The lowest BCUT2D eigenvalue weighted by Crippen LogP contribution is -2.48. The molecule has 0 aliphatic carbocycles. The van der Waals surface area contributed by atoms with Gasteiger partial charge in [-0.05, 0) is 40.2 Å². The first kappa shape index (κ1) is 19.6. The summed E-state index contributed by atoms with van der Waals surface area (Å²) in [5.41, 5.74) is 2.79. The van der Waals surface area contributed by atoms with Crippen LogP contribution in [0.1, 0.15) is 15.4 Å². The van der Waals surface area contributed by atoms with Gasteiger partial charge >= 0.3 is 0 Å². The molecule has 3 aromatic rings. The Hall–Kier alpha value is -1.73. The highest BCUT2D eigenvalue weighted by Gasteiger charge is 2.23. The van der Waals surface area contributed by atoms with Crippen LogP contribution in [0, 0.1) is 0 Å². The topological polar surface area (TPSA) is 36.4 Å². The second-order valence-corrected chi connectivity index (χ2v) is 8.91. The number of hydrogen-bond donors (Lipinski definition) is 0. The van der Waals surface area contributed by atoms with Crippen molar-refractivity contribution in [3.63, 3.8) is 0 Å². The van der Waals surface area contributed by atoms with Crippen LogP contribution in [-0.4, -0.2) is 46.9 Å². The van der Waals surface area contributed by atoms with Gasteiger partial charge in [-0.2, -0.15) is 0 Å². The first-order chi connectivity index (χ1) is 13.6. The number of nitrogens with zero attached hydrogens (tertiary/aromatic N) is 3. The average molecular weight is 477 g/mol. The maximum atomic E-state index is 12.7. The average Bonchev–Trinajstić information content (AvgIpc) is 3.17. The van der Waals surface area contributed by atoms with Crippen molar-refractivity contribution in [3.8, 4) is 11.3 Å². The second-order valence-electron chi connectivity index (χ2n) is 6.68. The van der Waals surface area contributed by atoms with Crippen LogP contribution in [0.2, 0.25) is 5.02 Å². The Bertz CT molecular complexity index is 968. The molecular formula is C21H19BrClN3OS. The first-order valence-corrected chi connectivity index (χ1v) is 11.1. The lowest BCUT2D eigenvalue weighted by Gasteiger charge is -2.34. The molecule has 0 N–H and O–H groups in total. The molecule has 0 bridgehead atoms. The van der Waals surface area contributed by atoms with E-state index in [4.69, 9.17) is 16.6 Å². The summed E-state index contributed by atoms with van der Waals surface area (Å²) < 4.78 is 0.847. The second kappa shape index (κ2) is 8.74. The molecule has 1 aliphatic rings. The molecule has 144 valence electrons. The van der Waals surface area contributed by atoms with Crippen LogP contribution >= 0.6 is 38.9 Å². The van der Waals surface area contributed by atoms with Gasteiger partial charge in [0, 0.05) is 46.6 Å². The third kappa shape index (κ3) is 4.46. The fourth-order valence-corrected chi connectivity index (χ4v) is 4.67. The molecule has 1 aromatic heterocycles. The van der Waals surface area contributed by atoms with E-state index in [0.29, 0.717) is 0 Å². The summed E-state index contributed by atoms with van der Waals surface area (Å²) in [5.74, 6) is 0.0893. The molecule has 28 heavy (non-hydrogen) atoms. The third-order valence-electron chi connectivity index (χ3n) is 4.81. The van der Waals surface area contributed by atoms with E-state index < -0.39 is 0 Å². The van der Waals surface area contributed by atoms with E-state index in [2.05, 4.69) is 26.2 Å². The van der Waals surface area contributed by atoms with Gasteiger partial charge in [-0.15, -0.1) is 11.3 Å². The van der Waals surface area contributed by atoms with E-state index >= 15 is 0 Å². The zero-order chi connectivity index (χ0) is 19.5. The Labute approximate surface area is 181 Å². The van der Waals surface area contributed by atoms with Crippen LogP contribution in [0.25, 0.3) is 11.3 Å². The van der Waals surface area contributed by atoms with Crippen LogP contribution in [-0.2, 0) is 6.54 Å². The van der Waals surface area contributed by atoms with Gasteiger partial charge < -0.3 is 4.90 Å². The van der Waals surface area contributed by atoms with Crippen LogP contribution in [0.4, 0.5) is 0 Å². The maximum Gasteiger partial charge on any atom is 0.255 e. The number of carbonyl (C=O) groups excluding carboxylic acids is 1. The van der Waals surface area contributed by atoms with E-state index in [9.17, 15) is 4.79 Å². The number of rotatable bonds is 4. The quantitative estimate of drug-likeness (QED) is 0.520. The fraction of sp³-hybridized carbons (Fsp3) is 0.238. The third-order valence-corrected chi connectivity index (χ3v) is 6.59. The van der Waals surface area contributed by atoms with Crippen molar-refractivity contribution in [2.45, 2.75) is 6.54 Å². The molecule has 0 atom stereocenters. The molecule has 0 spiro atoms. The summed E-state index contributed by atoms with van der Waals surface area (Å²) in [6, 6.07) is 15.4. The zero-order valence-electron chi connectivity index (χ0n) is 15.1. The van der Waals surface area contributed by atoms with E-state index in [1.165, 1.54) is 0 Å². The number of benzene rings is 2. The fourth-order valence-electron chi connectivity index (χ4n) is 3.24. The summed E-state index contributed by atoms with van der Waals surface area (Å²) in [4.78, 5) is 21.8. The number of amides is 1. The van der Waals surface area contributed by atoms with Gasteiger partial charge in [0.2, 0.25) is 0 Å². The Morgan fingerprint density at radius 2 is 1.79 bits per heavy atom. The van der Waals surface area contributed by atoms with Gasteiger partial charge in [0.05, 0.1) is 17.8 Å². The molecule has 0 radical (unpaired) electrons. The largest absolute Gasteiger partial charge is 0.336 e. The monoisotopic (exact) mass is 475 g/mol. The minimum atomic E-state index is 0.0893. The van der Waals surface area contributed by atoms with Crippen LogP contribution < -0.4 is 0 Å². The summed E-state index contributed by atoms with van der Waals surface area (Å²) in [7, 11) is 0. The Morgan fingerprint density at radius 3 is 2.50 bits per heavy atom. The van der Waals surface area contributed by atoms with Gasteiger partial charge in [-0.1, -0.05) is 35.9 Å². The molecule has 4 rings (SSSR count). The molecule has 0 saturated carbocycles. The van der Waals surface area contributed by atoms with Gasteiger partial charge in [0.15, 0.2) is 0 Å². The van der Waals surface area contributed by atoms with Crippen LogP contribution in [0.3, 0.4) is 0 Å². The number of piperazine rings is 1. The molecule has 1 amide bonds. The molecule has 0 unspecified atom stereocenters.